The lowest BCUT2D eigenvalue weighted by molar-refractivity contribution is -0.385. The van der Waals surface area contributed by atoms with Crippen LogP contribution in [0.4, 0.5) is 11.4 Å². The normalized spacial score (nSPS) is 10.8. The summed E-state index contributed by atoms with van der Waals surface area (Å²) in [5.41, 5.74) is 3.34. The maximum Gasteiger partial charge on any atom is 0.336 e. The zero-order valence-electron chi connectivity index (χ0n) is 14.0. The van der Waals surface area contributed by atoms with E-state index in [4.69, 9.17) is 4.42 Å². The Labute approximate surface area is 144 Å². The summed E-state index contributed by atoms with van der Waals surface area (Å²) in [5.74, 6) is 0. The van der Waals surface area contributed by atoms with Crippen LogP contribution in [0, 0.1) is 17.0 Å². The first-order chi connectivity index (χ1) is 12.0. The molecule has 6 nitrogen and oxygen atoms in total. The Morgan fingerprint density at radius 2 is 1.92 bits per heavy atom. The quantitative estimate of drug-likeness (QED) is 0.428. The predicted octanol–water partition coefficient (Wildman–Crippen LogP) is 4.18. The summed E-state index contributed by atoms with van der Waals surface area (Å²) in [7, 11) is 0. The van der Waals surface area contributed by atoms with Gasteiger partial charge in [-0.2, -0.15) is 0 Å². The van der Waals surface area contributed by atoms with Gasteiger partial charge in [0, 0.05) is 35.3 Å². The molecule has 1 aromatic heterocycles. The number of hydrogen-bond acceptors (Lipinski definition) is 5. The number of rotatable bonds is 5. The van der Waals surface area contributed by atoms with E-state index in [2.05, 4.69) is 5.32 Å². The summed E-state index contributed by atoms with van der Waals surface area (Å²) in [5, 5.41) is 15.2. The molecule has 0 saturated heterocycles. The van der Waals surface area contributed by atoms with Crippen LogP contribution in [0.2, 0.25) is 0 Å². The lowest BCUT2D eigenvalue weighted by atomic mass is 10.1. The van der Waals surface area contributed by atoms with Crippen LogP contribution in [0.3, 0.4) is 0 Å². The van der Waals surface area contributed by atoms with Gasteiger partial charge in [0.2, 0.25) is 0 Å². The molecule has 0 aliphatic rings. The fraction of sp³-hybridized carbons (Fsp3) is 0.211. The molecule has 0 fully saturated rings. The standard InChI is InChI=1S/C19H18N2O4/c1-3-13-5-6-15(10-17(13)21(23)24)20-11-14-9-19(22)25-18-8-12(2)4-7-16(14)18/h4-10,20H,3,11H2,1-2H3. The van der Waals surface area contributed by atoms with E-state index in [-0.39, 0.29) is 10.6 Å². The predicted molar refractivity (Wildman–Crippen MR) is 97.0 cm³/mol. The highest BCUT2D eigenvalue weighted by atomic mass is 16.6. The molecule has 0 spiro atoms. The number of nitro groups is 1. The average Bonchev–Trinajstić information content (AvgIpc) is 2.58. The van der Waals surface area contributed by atoms with Gasteiger partial charge in [0.15, 0.2) is 0 Å². The van der Waals surface area contributed by atoms with Crippen molar-refractivity contribution in [2.75, 3.05) is 5.32 Å². The molecule has 0 atom stereocenters. The minimum Gasteiger partial charge on any atom is -0.423 e. The van der Waals surface area contributed by atoms with Crippen molar-refractivity contribution >= 4 is 22.3 Å². The van der Waals surface area contributed by atoms with Gasteiger partial charge in [-0.3, -0.25) is 10.1 Å². The molecule has 0 unspecified atom stereocenters. The maximum absolute atomic E-state index is 11.8. The molecule has 128 valence electrons. The molecule has 6 heteroatoms. The molecule has 0 aliphatic heterocycles. The summed E-state index contributed by atoms with van der Waals surface area (Å²) in [4.78, 5) is 22.6. The summed E-state index contributed by atoms with van der Waals surface area (Å²) in [6.45, 7) is 4.18. The number of hydrogen-bond donors (Lipinski definition) is 1. The summed E-state index contributed by atoms with van der Waals surface area (Å²) < 4.78 is 5.24. The Kier molecular flexibility index (Phi) is 4.52. The molecule has 0 saturated carbocycles. The average molecular weight is 338 g/mol. The minimum absolute atomic E-state index is 0.0977. The maximum atomic E-state index is 11.8. The van der Waals surface area contributed by atoms with E-state index >= 15 is 0 Å². The molecule has 3 rings (SSSR count). The van der Waals surface area contributed by atoms with Crippen molar-refractivity contribution in [3.63, 3.8) is 0 Å². The number of aryl methyl sites for hydroxylation is 2. The number of anilines is 1. The molecular weight excluding hydrogens is 320 g/mol. The Hall–Kier alpha value is -3.15. The van der Waals surface area contributed by atoms with E-state index < -0.39 is 5.63 Å². The van der Waals surface area contributed by atoms with Crippen LogP contribution in [0.5, 0.6) is 0 Å². The van der Waals surface area contributed by atoms with Crippen molar-refractivity contribution in [2.24, 2.45) is 0 Å². The second kappa shape index (κ2) is 6.76. The molecule has 3 aromatic rings. The van der Waals surface area contributed by atoms with E-state index in [9.17, 15) is 14.9 Å². The molecule has 25 heavy (non-hydrogen) atoms. The van der Waals surface area contributed by atoms with Crippen LogP contribution in [0.1, 0.15) is 23.6 Å². The highest BCUT2D eigenvalue weighted by Gasteiger charge is 2.13. The fourth-order valence-electron chi connectivity index (χ4n) is 2.82. The van der Waals surface area contributed by atoms with Gasteiger partial charge in [-0.25, -0.2) is 4.79 Å². The van der Waals surface area contributed by atoms with E-state index in [0.29, 0.717) is 29.8 Å². The second-order valence-electron chi connectivity index (χ2n) is 5.90. The van der Waals surface area contributed by atoms with Crippen LogP contribution < -0.4 is 10.9 Å². The lowest BCUT2D eigenvalue weighted by Crippen LogP contribution is -2.06. The molecule has 1 N–H and O–H groups in total. The summed E-state index contributed by atoms with van der Waals surface area (Å²) in [6.07, 6.45) is 0.598. The van der Waals surface area contributed by atoms with Crippen molar-refractivity contribution in [1.82, 2.24) is 0 Å². The van der Waals surface area contributed by atoms with E-state index in [1.54, 1.807) is 6.07 Å². The molecular formula is C19H18N2O4. The minimum atomic E-state index is -0.415. The number of nitrogens with zero attached hydrogens (tertiary/aromatic N) is 1. The Balaban J connectivity index is 1.92. The first-order valence-corrected chi connectivity index (χ1v) is 8.02. The van der Waals surface area contributed by atoms with Crippen molar-refractivity contribution in [3.05, 3.63) is 79.7 Å². The fourth-order valence-corrected chi connectivity index (χ4v) is 2.82. The van der Waals surface area contributed by atoms with Gasteiger partial charge in [-0.15, -0.1) is 0 Å². The Morgan fingerprint density at radius 1 is 1.12 bits per heavy atom. The molecule has 0 amide bonds. The third kappa shape index (κ3) is 3.52. The number of nitrogens with one attached hydrogen (secondary N) is 1. The van der Waals surface area contributed by atoms with Crippen LogP contribution in [0.15, 0.2) is 51.7 Å². The number of benzene rings is 2. The smallest absolute Gasteiger partial charge is 0.336 e. The Morgan fingerprint density at radius 3 is 2.64 bits per heavy atom. The van der Waals surface area contributed by atoms with Crippen molar-refractivity contribution in [1.29, 1.82) is 0 Å². The third-order valence-corrected chi connectivity index (χ3v) is 4.13. The SMILES string of the molecule is CCc1ccc(NCc2cc(=O)oc3cc(C)ccc23)cc1[N+](=O)[O-]. The third-order valence-electron chi connectivity index (χ3n) is 4.13. The van der Waals surface area contributed by atoms with Gasteiger partial charge in [-0.05, 0) is 36.6 Å². The first-order valence-electron chi connectivity index (χ1n) is 8.02. The van der Waals surface area contributed by atoms with Crippen LogP contribution in [-0.4, -0.2) is 4.92 Å². The molecule has 0 aliphatic carbocycles. The van der Waals surface area contributed by atoms with Crippen molar-refractivity contribution in [3.8, 4) is 0 Å². The number of nitro benzene ring substituents is 1. The van der Waals surface area contributed by atoms with E-state index in [0.717, 1.165) is 16.5 Å². The highest BCUT2D eigenvalue weighted by Crippen LogP contribution is 2.25. The van der Waals surface area contributed by atoms with Crippen LogP contribution >= 0.6 is 0 Å². The Bertz CT molecular complexity index is 1010. The molecule has 1 heterocycles. The largest absolute Gasteiger partial charge is 0.423 e. The lowest BCUT2D eigenvalue weighted by Gasteiger charge is -2.10. The molecule has 0 radical (unpaired) electrons. The van der Waals surface area contributed by atoms with Gasteiger partial charge in [0.1, 0.15) is 5.58 Å². The topological polar surface area (TPSA) is 85.4 Å². The van der Waals surface area contributed by atoms with E-state index in [1.807, 2.05) is 38.1 Å². The van der Waals surface area contributed by atoms with Gasteiger partial charge >= 0.3 is 5.63 Å². The van der Waals surface area contributed by atoms with Gasteiger partial charge in [0.05, 0.1) is 4.92 Å². The van der Waals surface area contributed by atoms with Crippen molar-refractivity contribution < 1.29 is 9.34 Å². The van der Waals surface area contributed by atoms with Crippen LogP contribution in [-0.2, 0) is 13.0 Å². The van der Waals surface area contributed by atoms with E-state index in [1.165, 1.54) is 12.1 Å². The summed E-state index contributed by atoms with van der Waals surface area (Å²) >= 11 is 0. The zero-order valence-corrected chi connectivity index (χ0v) is 14.0. The number of fused-ring (bicyclic) bond motifs is 1. The van der Waals surface area contributed by atoms with Crippen molar-refractivity contribution in [2.45, 2.75) is 26.8 Å². The molecule has 0 bridgehead atoms. The second-order valence-corrected chi connectivity index (χ2v) is 5.90. The van der Waals surface area contributed by atoms with Gasteiger partial charge in [-0.1, -0.05) is 25.1 Å². The monoisotopic (exact) mass is 338 g/mol. The van der Waals surface area contributed by atoms with Crippen LogP contribution in [0.25, 0.3) is 11.0 Å². The first kappa shape index (κ1) is 16.7. The highest BCUT2D eigenvalue weighted by molar-refractivity contribution is 5.81. The van der Waals surface area contributed by atoms with Gasteiger partial charge < -0.3 is 9.73 Å². The van der Waals surface area contributed by atoms with Gasteiger partial charge in [0.25, 0.3) is 5.69 Å². The molecule has 2 aromatic carbocycles. The summed E-state index contributed by atoms with van der Waals surface area (Å²) in [6, 6.07) is 12.2. The zero-order chi connectivity index (χ0) is 18.0.